The molecule has 0 atom stereocenters. The molecule has 172 valence electrons. The molecule has 1 aliphatic rings. The van der Waals surface area contributed by atoms with Gasteiger partial charge in [0.05, 0.1) is 27.7 Å². The third kappa shape index (κ3) is 4.41. The Morgan fingerprint density at radius 2 is 2.12 bits per heavy atom. The summed E-state index contributed by atoms with van der Waals surface area (Å²) in [6.07, 6.45) is 6.07. The van der Waals surface area contributed by atoms with Crippen LogP contribution in [0.25, 0.3) is 15.2 Å². The second-order valence-corrected chi connectivity index (χ2v) is 11.5. The number of thioether (sulfide) groups is 1. The Kier molecular flexibility index (Phi) is 6.55. The van der Waals surface area contributed by atoms with Gasteiger partial charge < -0.3 is 4.57 Å². The quantitative estimate of drug-likeness (QED) is 0.205. The third-order valence-corrected chi connectivity index (χ3v) is 9.39. The lowest BCUT2D eigenvalue weighted by Crippen LogP contribution is -2.19. The molecule has 3 aromatic heterocycles. The number of amides is 1. The number of carbonyl (C=O) groups is 1. The van der Waals surface area contributed by atoms with Gasteiger partial charge in [-0.25, -0.2) is 10.4 Å². The molecule has 34 heavy (non-hydrogen) atoms. The smallest absolute Gasteiger partial charge is 0.250 e. The molecule has 1 aliphatic carbocycles. The molecule has 1 amide bonds. The molecule has 0 fully saturated rings. The van der Waals surface area contributed by atoms with Crippen LogP contribution in [-0.2, 0) is 17.6 Å². The molecular weight excluding hydrogens is 483 g/mol. The van der Waals surface area contributed by atoms with E-state index in [0.29, 0.717) is 0 Å². The van der Waals surface area contributed by atoms with Crippen LogP contribution >= 0.6 is 34.4 Å². The topological polar surface area (TPSA) is 83.1 Å². The first kappa shape index (κ1) is 22.8. The lowest BCUT2D eigenvalue weighted by Gasteiger charge is -2.10. The second kappa shape index (κ2) is 9.74. The van der Waals surface area contributed by atoms with Crippen molar-refractivity contribution in [2.45, 2.75) is 43.9 Å². The Morgan fingerprint density at radius 1 is 1.29 bits per heavy atom. The molecule has 1 aromatic carbocycles. The average molecular weight is 506 g/mol. The fourth-order valence-corrected chi connectivity index (χ4v) is 7.61. The Bertz CT molecular complexity index is 1420. The number of aryl methyl sites for hydroxylation is 2. The van der Waals surface area contributed by atoms with Crippen LogP contribution in [0, 0.1) is 25.2 Å². The zero-order valence-electron chi connectivity index (χ0n) is 18.9. The zero-order chi connectivity index (χ0) is 23.7. The zero-order valence-corrected chi connectivity index (χ0v) is 21.4. The standard InChI is InChI=1S/C25H23N5OS3/c1-15-11-17(16(2)30(15)24-19(12-26)18-7-3-5-9-21(18)33-24)13-27-29-23(31)14-32-25-28-20-8-4-6-10-22(20)34-25/h4,6,8,10-11,13H,3,5,7,9,14H2,1-2H3,(H,29,31)/b27-13-. The van der Waals surface area contributed by atoms with Crippen LogP contribution in [0.4, 0.5) is 0 Å². The number of aromatic nitrogens is 2. The van der Waals surface area contributed by atoms with Gasteiger partial charge in [0, 0.05) is 21.8 Å². The van der Waals surface area contributed by atoms with Gasteiger partial charge in [-0.2, -0.15) is 10.4 Å². The summed E-state index contributed by atoms with van der Waals surface area (Å²) in [5.74, 6) is 0.0784. The van der Waals surface area contributed by atoms with E-state index in [2.05, 4.69) is 26.1 Å². The van der Waals surface area contributed by atoms with Crippen molar-refractivity contribution in [3.05, 3.63) is 63.3 Å². The van der Waals surface area contributed by atoms with Crippen molar-refractivity contribution >= 4 is 56.8 Å². The summed E-state index contributed by atoms with van der Waals surface area (Å²) in [6.45, 7) is 4.07. The largest absolute Gasteiger partial charge is 0.308 e. The van der Waals surface area contributed by atoms with Crippen molar-refractivity contribution < 1.29 is 4.79 Å². The summed E-state index contributed by atoms with van der Waals surface area (Å²) in [4.78, 5) is 18.2. The number of nitrogens with zero attached hydrogens (tertiary/aromatic N) is 4. The van der Waals surface area contributed by atoms with Gasteiger partial charge in [0.25, 0.3) is 5.91 Å². The highest BCUT2D eigenvalue weighted by atomic mass is 32.2. The molecule has 1 N–H and O–H groups in total. The maximum Gasteiger partial charge on any atom is 0.250 e. The Labute approximate surface area is 210 Å². The van der Waals surface area contributed by atoms with E-state index in [4.69, 9.17) is 0 Å². The van der Waals surface area contributed by atoms with E-state index < -0.39 is 0 Å². The van der Waals surface area contributed by atoms with Gasteiger partial charge in [-0.05, 0) is 63.3 Å². The number of para-hydroxylation sites is 1. The van der Waals surface area contributed by atoms with Crippen molar-refractivity contribution in [2.75, 3.05) is 5.75 Å². The number of fused-ring (bicyclic) bond motifs is 2. The summed E-state index contributed by atoms with van der Waals surface area (Å²) >= 11 is 4.73. The minimum atomic E-state index is -0.174. The summed E-state index contributed by atoms with van der Waals surface area (Å²) < 4.78 is 4.13. The maximum absolute atomic E-state index is 12.3. The van der Waals surface area contributed by atoms with Gasteiger partial charge in [0.15, 0.2) is 4.34 Å². The summed E-state index contributed by atoms with van der Waals surface area (Å²) in [7, 11) is 0. The number of benzene rings is 1. The fraction of sp³-hybridized carbons (Fsp3) is 0.280. The number of hydrogen-bond acceptors (Lipinski definition) is 7. The predicted molar refractivity (Wildman–Crippen MR) is 141 cm³/mol. The molecule has 0 saturated heterocycles. The highest BCUT2D eigenvalue weighted by Gasteiger charge is 2.23. The minimum absolute atomic E-state index is 0.174. The first-order valence-electron chi connectivity index (χ1n) is 11.1. The number of hydrogen-bond donors (Lipinski definition) is 1. The first-order valence-corrected chi connectivity index (χ1v) is 13.7. The number of thiophene rings is 1. The number of hydrazone groups is 1. The van der Waals surface area contributed by atoms with Gasteiger partial charge in [-0.3, -0.25) is 4.79 Å². The molecule has 5 rings (SSSR count). The van der Waals surface area contributed by atoms with Crippen LogP contribution in [0.5, 0.6) is 0 Å². The Balaban J connectivity index is 1.27. The van der Waals surface area contributed by atoms with E-state index >= 15 is 0 Å². The van der Waals surface area contributed by atoms with Crippen LogP contribution in [0.15, 0.2) is 39.8 Å². The third-order valence-electron chi connectivity index (χ3n) is 5.93. The number of thiazole rings is 1. The highest BCUT2D eigenvalue weighted by molar-refractivity contribution is 8.01. The Hall–Kier alpha value is -2.93. The molecule has 0 aliphatic heterocycles. The summed E-state index contributed by atoms with van der Waals surface area (Å²) in [5, 5.41) is 15.0. The number of nitrogens with one attached hydrogen (secondary N) is 1. The van der Waals surface area contributed by atoms with Crippen molar-refractivity contribution in [3.63, 3.8) is 0 Å². The van der Waals surface area contributed by atoms with Gasteiger partial charge in [0.1, 0.15) is 11.1 Å². The SMILES string of the molecule is Cc1cc(/C=N\NC(=O)CSc2nc3ccccc3s2)c(C)n1-c1sc2c(c1C#N)CCCC2. The molecule has 0 spiro atoms. The predicted octanol–water partition coefficient (Wildman–Crippen LogP) is 5.76. The van der Waals surface area contributed by atoms with Crippen LogP contribution in [0.2, 0.25) is 0 Å². The van der Waals surface area contributed by atoms with Gasteiger partial charge >= 0.3 is 0 Å². The Morgan fingerprint density at radius 3 is 2.94 bits per heavy atom. The van der Waals surface area contributed by atoms with Crippen LogP contribution in [0.1, 0.15) is 45.8 Å². The molecule has 3 heterocycles. The number of carbonyl (C=O) groups excluding carboxylic acids is 1. The number of nitriles is 1. The molecule has 4 aromatic rings. The molecule has 0 unspecified atom stereocenters. The van der Waals surface area contributed by atoms with E-state index in [0.717, 1.165) is 61.3 Å². The van der Waals surface area contributed by atoms with E-state index in [-0.39, 0.29) is 11.7 Å². The van der Waals surface area contributed by atoms with Crippen molar-refractivity contribution in [1.82, 2.24) is 15.0 Å². The van der Waals surface area contributed by atoms with Crippen molar-refractivity contribution in [2.24, 2.45) is 5.10 Å². The van der Waals surface area contributed by atoms with Gasteiger partial charge in [-0.15, -0.1) is 22.7 Å². The van der Waals surface area contributed by atoms with Crippen LogP contribution < -0.4 is 5.43 Å². The van der Waals surface area contributed by atoms with Crippen molar-refractivity contribution in [1.29, 1.82) is 5.26 Å². The molecule has 0 bridgehead atoms. The van der Waals surface area contributed by atoms with Crippen LogP contribution in [0.3, 0.4) is 0 Å². The van der Waals surface area contributed by atoms with Crippen LogP contribution in [-0.4, -0.2) is 27.4 Å². The van der Waals surface area contributed by atoms with Crippen molar-refractivity contribution in [3.8, 4) is 11.1 Å². The van der Waals surface area contributed by atoms with Gasteiger partial charge in [0.2, 0.25) is 0 Å². The monoisotopic (exact) mass is 505 g/mol. The lowest BCUT2D eigenvalue weighted by atomic mass is 9.96. The fourth-order valence-electron chi connectivity index (χ4n) is 4.30. The average Bonchev–Trinajstić information content (AvgIpc) is 3.50. The second-order valence-electron chi connectivity index (χ2n) is 8.19. The highest BCUT2D eigenvalue weighted by Crippen LogP contribution is 2.38. The normalized spacial score (nSPS) is 13.3. The molecule has 0 radical (unpaired) electrons. The lowest BCUT2D eigenvalue weighted by molar-refractivity contribution is -0.118. The van der Waals surface area contributed by atoms with E-state index in [1.54, 1.807) is 28.9 Å². The van der Waals surface area contributed by atoms with E-state index in [1.807, 2.05) is 44.2 Å². The van der Waals surface area contributed by atoms with Gasteiger partial charge in [-0.1, -0.05) is 23.9 Å². The molecule has 6 nitrogen and oxygen atoms in total. The summed E-state index contributed by atoms with van der Waals surface area (Å²) in [5.41, 5.74) is 8.60. The van der Waals surface area contributed by atoms with E-state index in [9.17, 15) is 10.1 Å². The van der Waals surface area contributed by atoms with E-state index in [1.165, 1.54) is 28.6 Å². The molecule has 9 heteroatoms. The number of rotatable bonds is 6. The molecular formula is C25H23N5OS3. The molecule has 0 saturated carbocycles. The summed E-state index contributed by atoms with van der Waals surface area (Å²) in [6, 6.07) is 12.4. The maximum atomic E-state index is 12.3. The minimum Gasteiger partial charge on any atom is -0.308 e. The first-order chi connectivity index (χ1) is 16.5.